The number of pyridine rings is 2. The van der Waals surface area contributed by atoms with Gasteiger partial charge in [0.2, 0.25) is 0 Å². The summed E-state index contributed by atoms with van der Waals surface area (Å²) in [5.41, 5.74) is 1.56. The Balaban J connectivity index is 2.67. The van der Waals surface area contributed by atoms with Crippen LogP contribution in [0.4, 0.5) is 0 Å². The van der Waals surface area contributed by atoms with Crippen molar-refractivity contribution < 1.29 is 4.42 Å². The fourth-order valence-corrected chi connectivity index (χ4v) is 1.83. The lowest BCUT2D eigenvalue weighted by molar-refractivity contribution is 0.668. The maximum atomic E-state index is 9.02. The van der Waals surface area contributed by atoms with Crippen LogP contribution >= 0.6 is 0 Å². The minimum Gasteiger partial charge on any atom is -0.456 e. The second-order valence-corrected chi connectivity index (χ2v) is 3.39. The summed E-state index contributed by atoms with van der Waals surface area (Å²) in [6.45, 7) is 0. The average Bonchev–Trinajstić information content (AvgIpc) is 2.76. The van der Waals surface area contributed by atoms with E-state index >= 15 is 0 Å². The van der Waals surface area contributed by atoms with E-state index in [0.29, 0.717) is 21.9 Å². The lowest BCUT2D eigenvalue weighted by Crippen LogP contribution is -1.85. The first-order valence-corrected chi connectivity index (χ1v) is 4.81. The van der Waals surface area contributed by atoms with Gasteiger partial charge in [-0.3, -0.25) is 0 Å². The van der Waals surface area contributed by atoms with Crippen LogP contribution in [0.2, 0.25) is 0 Å². The van der Waals surface area contributed by atoms with Gasteiger partial charge in [0.05, 0.1) is 10.8 Å². The Kier molecular flexibility index (Phi) is 1.80. The van der Waals surface area contributed by atoms with Crippen molar-refractivity contribution in [1.29, 1.82) is 10.5 Å². The molecule has 3 aromatic rings. The van der Waals surface area contributed by atoms with Gasteiger partial charge < -0.3 is 4.42 Å². The highest BCUT2D eigenvalue weighted by atomic mass is 16.3. The Hall–Kier alpha value is -2.92. The molecule has 0 N–H and O–H groups in total. The summed E-state index contributed by atoms with van der Waals surface area (Å²) < 4.78 is 5.56. The summed E-state index contributed by atoms with van der Waals surface area (Å²) in [7, 11) is 0. The third kappa shape index (κ3) is 1.17. The number of aromatic nitrogens is 2. The lowest BCUT2D eigenvalue weighted by Gasteiger charge is -1.92. The molecule has 0 spiro atoms. The second-order valence-electron chi connectivity index (χ2n) is 3.39. The van der Waals surface area contributed by atoms with Crippen LogP contribution in [0.25, 0.3) is 21.9 Å². The summed E-state index contributed by atoms with van der Waals surface area (Å²) in [6, 6.07) is 7.31. The predicted octanol–water partition coefficient (Wildman–Crippen LogP) is 2.12. The van der Waals surface area contributed by atoms with Crippen LogP contribution in [0.3, 0.4) is 0 Å². The van der Waals surface area contributed by atoms with E-state index in [1.807, 2.05) is 12.1 Å². The van der Waals surface area contributed by atoms with E-state index in [4.69, 9.17) is 14.9 Å². The van der Waals surface area contributed by atoms with Gasteiger partial charge in [-0.15, -0.1) is 0 Å². The van der Waals surface area contributed by atoms with E-state index in [1.54, 1.807) is 12.1 Å². The van der Waals surface area contributed by atoms with Gasteiger partial charge >= 0.3 is 0 Å². The molecule has 5 heteroatoms. The molecule has 3 aromatic heterocycles. The van der Waals surface area contributed by atoms with Crippen LogP contribution in [0.15, 0.2) is 28.9 Å². The number of hydrogen-bond donors (Lipinski definition) is 0. The zero-order valence-electron chi connectivity index (χ0n) is 8.51. The van der Waals surface area contributed by atoms with Crippen molar-refractivity contribution >= 4 is 21.9 Å². The molecule has 0 aliphatic heterocycles. The number of nitriles is 2. The van der Waals surface area contributed by atoms with Gasteiger partial charge in [-0.05, 0) is 12.1 Å². The number of hydrogen-bond acceptors (Lipinski definition) is 5. The van der Waals surface area contributed by atoms with E-state index in [0.717, 1.165) is 0 Å². The van der Waals surface area contributed by atoms with Crippen LogP contribution in [-0.2, 0) is 0 Å². The predicted molar refractivity (Wildman–Crippen MR) is 58.7 cm³/mol. The fraction of sp³-hybridized carbons (Fsp3) is 0. The van der Waals surface area contributed by atoms with Gasteiger partial charge in [-0.25, -0.2) is 9.97 Å². The van der Waals surface area contributed by atoms with Crippen molar-refractivity contribution in [3.8, 4) is 12.1 Å². The maximum Gasteiger partial charge on any atom is 0.152 e. The normalized spacial score (nSPS) is 10.2. The molecule has 0 fully saturated rings. The Morgan fingerprint density at radius 1 is 0.882 bits per heavy atom. The maximum absolute atomic E-state index is 9.02. The minimum atomic E-state index is 0.241. The Labute approximate surface area is 95.5 Å². The molecule has 3 heterocycles. The van der Waals surface area contributed by atoms with Crippen LogP contribution in [0.1, 0.15) is 11.4 Å². The first-order valence-electron chi connectivity index (χ1n) is 4.81. The molecule has 5 nitrogen and oxygen atoms in total. The molecular formula is C12H4N4O. The molecule has 0 bridgehead atoms. The summed E-state index contributed by atoms with van der Waals surface area (Å²) in [5, 5.41) is 19.1. The Morgan fingerprint density at radius 3 is 1.76 bits per heavy atom. The Morgan fingerprint density at radius 2 is 1.35 bits per heavy atom. The molecule has 0 aliphatic carbocycles. The molecule has 0 radical (unpaired) electrons. The van der Waals surface area contributed by atoms with Crippen molar-refractivity contribution in [3.05, 3.63) is 35.9 Å². The molecule has 17 heavy (non-hydrogen) atoms. The van der Waals surface area contributed by atoms with Gasteiger partial charge in [0, 0.05) is 12.4 Å². The lowest BCUT2D eigenvalue weighted by atomic mass is 10.1. The molecule has 0 aliphatic rings. The summed E-state index contributed by atoms with van der Waals surface area (Å²) in [4.78, 5) is 7.93. The highest BCUT2D eigenvalue weighted by Crippen LogP contribution is 2.31. The van der Waals surface area contributed by atoms with Crippen LogP contribution in [0.5, 0.6) is 0 Å². The average molecular weight is 220 g/mol. The van der Waals surface area contributed by atoms with Crippen molar-refractivity contribution in [3.63, 3.8) is 0 Å². The molecule has 0 unspecified atom stereocenters. The molecule has 0 aromatic carbocycles. The minimum absolute atomic E-state index is 0.241. The standard InChI is InChI=1S/C12H4N4O/c13-5-7-11-9(1-3-15-7)17-10-2-4-16-8(6-14)12(10)11/h1-4H. The summed E-state index contributed by atoms with van der Waals surface area (Å²) in [6.07, 6.45) is 3.01. The van der Waals surface area contributed by atoms with E-state index < -0.39 is 0 Å². The van der Waals surface area contributed by atoms with E-state index in [1.165, 1.54) is 12.4 Å². The van der Waals surface area contributed by atoms with Crippen molar-refractivity contribution in [1.82, 2.24) is 9.97 Å². The number of rotatable bonds is 0. The van der Waals surface area contributed by atoms with Gasteiger partial charge in [-0.1, -0.05) is 0 Å². The highest BCUT2D eigenvalue weighted by molar-refractivity contribution is 6.09. The van der Waals surface area contributed by atoms with Crippen molar-refractivity contribution in [2.75, 3.05) is 0 Å². The number of fused-ring (bicyclic) bond motifs is 3. The fourth-order valence-electron chi connectivity index (χ4n) is 1.83. The third-order valence-electron chi connectivity index (χ3n) is 2.51. The van der Waals surface area contributed by atoms with Crippen molar-refractivity contribution in [2.24, 2.45) is 0 Å². The van der Waals surface area contributed by atoms with Gasteiger partial charge in [0.1, 0.15) is 23.3 Å². The first-order chi connectivity index (χ1) is 8.35. The molecule has 0 saturated heterocycles. The number of nitrogens with zero attached hydrogens (tertiary/aromatic N) is 4. The van der Waals surface area contributed by atoms with Crippen LogP contribution < -0.4 is 0 Å². The summed E-state index contributed by atoms with van der Waals surface area (Å²) >= 11 is 0. The first kappa shape index (κ1) is 9.32. The molecule has 0 saturated carbocycles. The molecule has 0 atom stereocenters. The van der Waals surface area contributed by atoms with Gasteiger partial charge in [0.25, 0.3) is 0 Å². The zero-order chi connectivity index (χ0) is 11.8. The summed E-state index contributed by atoms with van der Waals surface area (Å²) in [5.74, 6) is 0. The highest BCUT2D eigenvalue weighted by Gasteiger charge is 2.15. The van der Waals surface area contributed by atoms with E-state index in [9.17, 15) is 0 Å². The van der Waals surface area contributed by atoms with E-state index in [2.05, 4.69) is 9.97 Å². The molecule has 78 valence electrons. The van der Waals surface area contributed by atoms with Gasteiger partial charge in [0.15, 0.2) is 11.4 Å². The SMILES string of the molecule is N#Cc1nccc2oc3ccnc(C#N)c3c12. The topological polar surface area (TPSA) is 86.5 Å². The molecule has 0 amide bonds. The van der Waals surface area contributed by atoms with Gasteiger partial charge in [-0.2, -0.15) is 10.5 Å². The second kappa shape index (κ2) is 3.29. The number of furan rings is 1. The molecular weight excluding hydrogens is 216 g/mol. The zero-order valence-corrected chi connectivity index (χ0v) is 8.51. The smallest absolute Gasteiger partial charge is 0.152 e. The largest absolute Gasteiger partial charge is 0.456 e. The van der Waals surface area contributed by atoms with Crippen molar-refractivity contribution in [2.45, 2.75) is 0 Å². The third-order valence-corrected chi connectivity index (χ3v) is 2.51. The molecule has 3 rings (SSSR count). The van der Waals surface area contributed by atoms with E-state index in [-0.39, 0.29) is 11.4 Å². The monoisotopic (exact) mass is 220 g/mol. The Bertz CT molecular complexity index is 752. The quantitative estimate of drug-likeness (QED) is 0.579. The van der Waals surface area contributed by atoms with Crippen LogP contribution in [-0.4, -0.2) is 9.97 Å². The van der Waals surface area contributed by atoms with Crippen LogP contribution in [0, 0.1) is 22.7 Å².